The van der Waals surface area contributed by atoms with Crippen LogP contribution in [0, 0.1) is 0 Å². The van der Waals surface area contributed by atoms with Crippen LogP contribution in [0.1, 0.15) is 26.0 Å². The lowest BCUT2D eigenvalue weighted by atomic mass is 10.1. The van der Waals surface area contributed by atoms with Crippen molar-refractivity contribution < 1.29 is 9.84 Å². The van der Waals surface area contributed by atoms with Gasteiger partial charge in [0.05, 0.1) is 31.1 Å². The maximum atomic E-state index is 9.67. The number of hydrogen-bond acceptors (Lipinski definition) is 5. The Bertz CT molecular complexity index is 565. The maximum Gasteiger partial charge on any atom is 0.195 e. The van der Waals surface area contributed by atoms with Crippen molar-refractivity contribution in [2.45, 2.75) is 39.0 Å². The number of rotatable bonds is 3. The minimum Gasteiger partial charge on any atom is -0.390 e. The molecular weight excluding hydrogens is 262 g/mol. The van der Waals surface area contributed by atoms with E-state index in [-0.39, 0.29) is 12.7 Å². The molecule has 0 spiro atoms. The highest BCUT2D eigenvalue weighted by atomic mass is 32.1. The molecule has 3 heterocycles. The van der Waals surface area contributed by atoms with Gasteiger partial charge in [0.25, 0.3) is 0 Å². The fourth-order valence-electron chi connectivity index (χ4n) is 2.64. The number of ether oxygens (including phenoxy) is 1. The first-order chi connectivity index (χ1) is 9.24. The predicted octanol–water partition coefficient (Wildman–Crippen LogP) is 1.89. The van der Waals surface area contributed by atoms with E-state index in [1.54, 1.807) is 11.3 Å². The van der Waals surface area contributed by atoms with Crippen LogP contribution >= 0.6 is 11.3 Å². The lowest BCUT2D eigenvalue weighted by molar-refractivity contribution is 0.0295. The molecule has 1 saturated heterocycles. The molecule has 2 unspecified atom stereocenters. The first kappa shape index (κ1) is 12.9. The molecule has 19 heavy (non-hydrogen) atoms. The van der Waals surface area contributed by atoms with Gasteiger partial charge in [-0.1, -0.05) is 6.92 Å². The molecule has 0 aliphatic carbocycles. The zero-order valence-electron chi connectivity index (χ0n) is 11.2. The van der Waals surface area contributed by atoms with Crippen LogP contribution in [0.4, 0.5) is 5.82 Å². The summed E-state index contributed by atoms with van der Waals surface area (Å²) in [6, 6.07) is 0.339. The molecule has 0 bridgehead atoms. The zero-order valence-corrected chi connectivity index (χ0v) is 12.1. The van der Waals surface area contributed by atoms with E-state index >= 15 is 0 Å². The van der Waals surface area contributed by atoms with Crippen LogP contribution in [0.15, 0.2) is 11.6 Å². The molecule has 2 aromatic rings. The van der Waals surface area contributed by atoms with Gasteiger partial charge in [0.2, 0.25) is 0 Å². The average Bonchev–Trinajstić information content (AvgIpc) is 2.98. The van der Waals surface area contributed by atoms with Gasteiger partial charge in [0.15, 0.2) is 10.8 Å². The number of nitrogens with zero attached hydrogens (tertiary/aromatic N) is 3. The first-order valence-corrected chi connectivity index (χ1v) is 7.56. The molecule has 0 amide bonds. The van der Waals surface area contributed by atoms with Gasteiger partial charge < -0.3 is 14.7 Å². The second-order valence-corrected chi connectivity index (χ2v) is 5.83. The molecule has 3 rings (SSSR count). The summed E-state index contributed by atoms with van der Waals surface area (Å²) in [5, 5.41) is 11.7. The van der Waals surface area contributed by atoms with Crippen LogP contribution in [-0.2, 0) is 11.3 Å². The predicted molar refractivity (Wildman–Crippen MR) is 75.8 cm³/mol. The van der Waals surface area contributed by atoms with Crippen molar-refractivity contribution in [2.75, 3.05) is 18.1 Å². The fourth-order valence-corrected chi connectivity index (χ4v) is 3.37. The summed E-state index contributed by atoms with van der Waals surface area (Å²) < 4.78 is 7.70. The Balaban J connectivity index is 2.03. The number of anilines is 1. The lowest BCUT2D eigenvalue weighted by Gasteiger charge is -2.39. The molecule has 0 aromatic carbocycles. The van der Waals surface area contributed by atoms with Gasteiger partial charge in [0.1, 0.15) is 0 Å². The monoisotopic (exact) mass is 281 g/mol. The van der Waals surface area contributed by atoms with Crippen molar-refractivity contribution in [3.63, 3.8) is 0 Å². The highest BCUT2D eigenvalue weighted by Crippen LogP contribution is 2.29. The van der Waals surface area contributed by atoms with Crippen molar-refractivity contribution in [1.82, 2.24) is 9.38 Å². The third kappa shape index (κ3) is 2.13. The van der Waals surface area contributed by atoms with Crippen LogP contribution in [0.2, 0.25) is 0 Å². The van der Waals surface area contributed by atoms with E-state index in [2.05, 4.69) is 18.7 Å². The second-order valence-electron chi connectivity index (χ2n) is 4.95. The summed E-state index contributed by atoms with van der Waals surface area (Å²) in [5.41, 5.74) is 0.879. The Kier molecular flexibility index (Phi) is 3.47. The maximum absolute atomic E-state index is 9.67. The Morgan fingerprint density at radius 2 is 2.42 bits per heavy atom. The fraction of sp³-hybridized carbons (Fsp3) is 0.615. The molecule has 1 aliphatic rings. The molecule has 0 saturated carbocycles. The smallest absolute Gasteiger partial charge is 0.195 e. The number of aliphatic hydroxyl groups is 1. The number of imidazole rings is 1. The van der Waals surface area contributed by atoms with E-state index in [0.29, 0.717) is 6.04 Å². The average molecular weight is 281 g/mol. The van der Waals surface area contributed by atoms with E-state index in [0.717, 1.165) is 36.0 Å². The third-order valence-corrected chi connectivity index (χ3v) is 4.46. The van der Waals surface area contributed by atoms with Crippen LogP contribution in [0.25, 0.3) is 4.96 Å². The summed E-state index contributed by atoms with van der Waals surface area (Å²) in [4.78, 5) is 7.92. The standard InChI is InChI=1S/C13H19N3O2S/c1-3-10-8-18-9(2)6-16(10)12-11(7-17)15-4-5-19-13(15)14-12/h4-5,9-10,17H,3,6-8H2,1-2H3. The summed E-state index contributed by atoms with van der Waals surface area (Å²) in [6.45, 7) is 5.81. The Morgan fingerprint density at radius 3 is 3.16 bits per heavy atom. The summed E-state index contributed by atoms with van der Waals surface area (Å²) in [6.07, 6.45) is 3.18. The van der Waals surface area contributed by atoms with Gasteiger partial charge >= 0.3 is 0 Å². The number of aliphatic hydroxyl groups excluding tert-OH is 1. The Hall–Kier alpha value is -1.11. The Labute approximate surface area is 116 Å². The molecule has 5 nitrogen and oxygen atoms in total. The van der Waals surface area contributed by atoms with E-state index < -0.39 is 0 Å². The molecule has 2 atom stereocenters. The van der Waals surface area contributed by atoms with E-state index in [1.165, 1.54) is 0 Å². The van der Waals surface area contributed by atoms with Crippen molar-refractivity contribution in [2.24, 2.45) is 0 Å². The van der Waals surface area contributed by atoms with Crippen LogP contribution in [0.3, 0.4) is 0 Å². The third-order valence-electron chi connectivity index (χ3n) is 3.70. The zero-order chi connectivity index (χ0) is 13.4. The largest absolute Gasteiger partial charge is 0.390 e. The Morgan fingerprint density at radius 1 is 1.58 bits per heavy atom. The molecule has 1 aliphatic heterocycles. The number of fused-ring (bicyclic) bond motifs is 1. The van der Waals surface area contributed by atoms with Gasteiger partial charge in [-0.3, -0.25) is 4.40 Å². The number of aromatic nitrogens is 2. The van der Waals surface area contributed by atoms with Crippen LogP contribution in [0.5, 0.6) is 0 Å². The quantitative estimate of drug-likeness (QED) is 0.933. The molecule has 1 fully saturated rings. The minimum atomic E-state index is 0.00933. The molecule has 0 radical (unpaired) electrons. The van der Waals surface area contributed by atoms with E-state index in [1.807, 2.05) is 16.0 Å². The highest BCUT2D eigenvalue weighted by molar-refractivity contribution is 7.15. The number of thiazole rings is 1. The van der Waals surface area contributed by atoms with Crippen molar-refractivity contribution in [3.05, 3.63) is 17.3 Å². The highest BCUT2D eigenvalue weighted by Gasteiger charge is 2.29. The second kappa shape index (κ2) is 5.11. The van der Waals surface area contributed by atoms with Crippen molar-refractivity contribution >= 4 is 22.1 Å². The van der Waals surface area contributed by atoms with Crippen LogP contribution < -0.4 is 4.90 Å². The number of morpholine rings is 1. The van der Waals surface area contributed by atoms with Crippen molar-refractivity contribution in [1.29, 1.82) is 0 Å². The van der Waals surface area contributed by atoms with Crippen molar-refractivity contribution in [3.8, 4) is 0 Å². The SMILES string of the molecule is CCC1COC(C)CN1c1nc2sccn2c1CO. The van der Waals surface area contributed by atoms with Crippen LogP contribution in [-0.4, -0.2) is 39.8 Å². The first-order valence-electron chi connectivity index (χ1n) is 6.68. The van der Waals surface area contributed by atoms with E-state index in [4.69, 9.17) is 9.72 Å². The molecule has 6 heteroatoms. The molecule has 1 N–H and O–H groups in total. The summed E-state index contributed by atoms with van der Waals surface area (Å²) >= 11 is 1.59. The van der Waals surface area contributed by atoms with E-state index in [9.17, 15) is 5.11 Å². The molecule has 2 aromatic heterocycles. The van der Waals surface area contributed by atoms with Gasteiger partial charge in [0, 0.05) is 18.1 Å². The van der Waals surface area contributed by atoms with Gasteiger partial charge in [-0.15, -0.1) is 11.3 Å². The normalized spacial score (nSPS) is 24.3. The topological polar surface area (TPSA) is 50.0 Å². The van der Waals surface area contributed by atoms with Gasteiger partial charge in [-0.05, 0) is 13.3 Å². The summed E-state index contributed by atoms with van der Waals surface area (Å²) in [7, 11) is 0. The van der Waals surface area contributed by atoms with Gasteiger partial charge in [-0.2, -0.15) is 0 Å². The molecular formula is C13H19N3O2S. The lowest BCUT2D eigenvalue weighted by Crippen LogP contribution is -2.49. The van der Waals surface area contributed by atoms with Gasteiger partial charge in [-0.25, -0.2) is 4.98 Å². The minimum absolute atomic E-state index is 0.00933. The number of hydrogen-bond donors (Lipinski definition) is 1. The molecule has 104 valence electrons. The summed E-state index contributed by atoms with van der Waals surface area (Å²) in [5.74, 6) is 0.913.